The van der Waals surface area contributed by atoms with Crippen LogP contribution in [0.3, 0.4) is 0 Å². The summed E-state index contributed by atoms with van der Waals surface area (Å²) in [6.07, 6.45) is 0. The summed E-state index contributed by atoms with van der Waals surface area (Å²) in [6, 6.07) is 16.1. The van der Waals surface area contributed by atoms with Gasteiger partial charge in [0, 0.05) is 22.1 Å². The summed E-state index contributed by atoms with van der Waals surface area (Å²) in [5.41, 5.74) is -1.96. The highest BCUT2D eigenvalue weighted by Crippen LogP contribution is 2.40. The molecule has 0 saturated carbocycles. The number of aliphatic hydroxyl groups excluding tert-OH is 2. The number of azo groups is 2. The maximum absolute atomic E-state index is 12.5. The lowest BCUT2D eigenvalue weighted by Gasteiger charge is -2.11. The average molecular weight is 1420 g/mol. The van der Waals surface area contributed by atoms with Crippen molar-refractivity contribution >= 4 is 186 Å². The van der Waals surface area contributed by atoms with E-state index in [1.807, 2.05) is 0 Å². The Kier molecular flexibility index (Phi) is 18.1. The van der Waals surface area contributed by atoms with Crippen molar-refractivity contribution in [1.29, 1.82) is 10.8 Å². The van der Waals surface area contributed by atoms with Crippen LogP contribution in [0.25, 0.3) is 21.5 Å². The molecule has 16 N–H and O–H groups in total. The Morgan fingerprint density at radius 2 is 0.750 bits per heavy atom. The minimum absolute atomic E-state index is 0.0326. The lowest BCUT2D eigenvalue weighted by molar-refractivity contribution is 0.477. The van der Waals surface area contributed by atoms with E-state index in [4.69, 9.17) is 34.0 Å². The summed E-state index contributed by atoms with van der Waals surface area (Å²) < 4.78 is 206. The number of benzene rings is 7. The van der Waals surface area contributed by atoms with Gasteiger partial charge in [0.15, 0.2) is 0 Å². The average Bonchev–Trinajstić information content (AvgIpc) is 0.776. The summed E-state index contributed by atoms with van der Waals surface area (Å²) in [5, 5.41) is 58.3. The standard InChI is InChI=1S/C46H34Cl2N18O20S6/c47-39-57-43(61-45(59-39)53-23-5-7-29(31(13-23)55-41(49)67)63-65-33-17-27-19(11-37(33)91(81,82)83)9-25(87(69,70)71)15-35(27)89(75,76)77)51-21-1-2-22(4-3-21)52-44-58-40(48)60-46(62-44)54-24-6-8-30(32(14-24)56-42(50)68)64-66-34-18-28-20(12-38(34)92(84,85)86)10-26(88(72,73)74)16-36(28)90(78,79)80/h1-18H,(H3,49,55,67)(H3,50,56,68)(H,69,70,71)(H,72,73,74)(H,75,76,77)(H,78,79,80)(H,81,82,83)(H,84,85,86)(H2,51,53,57,59,61)(H2,52,54,58,60,62). The number of H-pyrrole nitrogens is 2. The fourth-order valence-corrected chi connectivity index (χ4v) is 12.4. The third-order valence-electron chi connectivity index (χ3n) is 11.8. The molecule has 0 fully saturated rings. The number of amidine groups is 2. The van der Waals surface area contributed by atoms with Crippen molar-refractivity contribution in [2.45, 2.75) is 29.4 Å². The molecular weight excluding hydrogens is 1390 g/mol. The van der Waals surface area contributed by atoms with Crippen LogP contribution in [0.2, 0.25) is 10.6 Å². The van der Waals surface area contributed by atoms with Gasteiger partial charge in [-0.05, 0) is 143 Å². The van der Waals surface area contributed by atoms with Gasteiger partial charge in [0.2, 0.25) is 33.7 Å². The topological polar surface area (TPSA) is 620 Å². The summed E-state index contributed by atoms with van der Waals surface area (Å²) in [7, 11) is -31.3. The van der Waals surface area contributed by atoms with Crippen LogP contribution in [0, 0.1) is 10.8 Å². The first-order valence-corrected chi connectivity index (χ1v) is 33.4. The molecule has 46 heteroatoms. The first-order chi connectivity index (χ1) is 42.7. The number of hydrogen-bond acceptors (Lipinski definition) is 26. The molecule has 0 amide bonds. The minimum Gasteiger partial charge on any atom is -0.481 e. The third-order valence-corrected chi connectivity index (χ3v) is 17.3. The van der Waals surface area contributed by atoms with E-state index in [0.29, 0.717) is 47.8 Å². The Labute approximate surface area is 523 Å². The number of aromatic nitrogens is 6. The third kappa shape index (κ3) is 16.1. The zero-order valence-electron chi connectivity index (χ0n) is 44.5. The van der Waals surface area contributed by atoms with Gasteiger partial charge in [-0.15, -0.1) is 20.5 Å². The lowest BCUT2D eigenvalue weighted by Crippen LogP contribution is -2.16. The summed E-state index contributed by atoms with van der Waals surface area (Å²) in [5.74, 6) is -0.213. The second kappa shape index (κ2) is 25.0. The molecule has 0 aliphatic carbocycles. The molecule has 2 heterocycles. The second-order valence-electron chi connectivity index (χ2n) is 18.1. The number of nitrogens with zero attached hydrogens (tertiary/aromatic N) is 10. The highest BCUT2D eigenvalue weighted by atomic mass is 35.5. The zero-order chi connectivity index (χ0) is 67.2. The molecule has 92 heavy (non-hydrogen) atoms. The Balaban J connectivity index is 0.943. The minimum atomic E-state index is -5.27. The molecule has 0 radical (unpaired) electrons. The fraction of sp³-hybridized carbons (Fsp3) is 0. The molecule has 0 saturated heterocycles. The van der Waals surface area contributed by atoms with Crippen molar-refractivity contribution < 1.29 is 88.0 Å². The number of halogens is 2. The van der Waals surface area contributed by atoms with Gasteiger partial charge < -0.3 is 31.5 Å². The Morgan fingerprint density at radius 1 is 0.413 bits per heavy atom. The number of fused-ring (bicyclic) bond motifs is 2. The van der Waals surface area contributed by atoms with Crippen LogP contribution in [0.1, 0.15) is 0 Å². The Morgan fingerprint density at radius 3 is 1.07 bits per heavy atom. The first kappa shape index (κ1) is 66.5. The number of rotatable bonds is 18. The summed E-state index contributed by atoms with van der Waals surface area (Å²) >= 11 is 12.6. The number of aliphatic hydroxyl groups is 2. The van der Waals surface area contributed by atoms with E-state index < -0.39 is 135 Å². The highest BCUT2D eigenvalue weighted by molar-refractivity contribution is 7.87. The van der Waals surface area contributed by atoms with E-state index in [9.17, 15) is 88.0 Å². The molecule has 9 aromatic rings. The van der Waals surface area contributed by atoms with E-state index in [-0.39, 0.29) is 67.8 Å². The number of hydrogen-bond donors (Lipinski definition) is 16. The van der Waals surface area contributed by atoms with Crippen molar-refractivity contribution in [1.82, 2.24) is 29.9 Å². The SMILES string of the molecule is N=C(O)Nc1cc(N=c2nc(Nc3ccc(Nc4nc(Cl)[nH]c(=Nc5ccc(N=Nc6cc7c(S(=O)(=O)O)cc(S(=O)(=O)O)cc7cc6S(=O)(=O)O)c(NC(=N)O)c5)n4)cc3)nc(Cl)[nH]2)ccc1N=Nc1cc2c(S(=O)(=O)O)cc(S(=O)(=O)O)cc2cc1S(=O)(=O)O. The normalized spacial score (nSPS) is 13.1. The van der Waals surface area contributed by atoms with E-state index in [2.05, 4.69) is 81.6 Å². The largest absolute Gasteiger partial charge is 0.481 e. The maximum Gasteiger partial charge on any atom is 0.296 e. The van der Waals surface area contributed by atoms with Crippen LogP contribution in [-0.2, 0) is 60.7 Å². The van der Waals surface area contributed by atoms with Gasteiger partial charge in [-0.3, -0.25) is 48.1 Å². The van der Waals surface area contributed by atoms with Crippen LogP contribution < -0.4 is 32.5 Å². The monoisotopic (exact) mass is 1420 g/mol. The van der Waals surface area contributed by atoms with Crippen molar-refractivity contribution in [2.24, 2.45) is 30.4 Å². The molecule has 0 aliphatic rings. The maximum atomic E-state index is 12.5. The van der Waals surface area contributed by atoms with Crippen LogP contribution in [0.4, 0.5) is 68.8 Å². The van der Waals surface area contributed by atoms with Gasteiger partial charge in [0.25, 0.3) is 72.8 Å². The van der Waals surface area contributed by atoms with Gasteiger partial charge in [-0.2, -0.15) is 70.4 Å². The number of aromatic amines is 2. The molecule has 2 aromatic heterocycles. The molecule has 0 atom stereocenters. The second-order valence-corrected chi connectivity index (χ2v) is 27.3. The highest BCUT2D eigenvalue weighted by Gasteiger charge is 2.27. The van der Waals surface area contributed by atoms with Crippen LogP contribution in [0.5, 0.6) is 0 Å². The van der Waals surface area contributed by atoms with Crippen LogP contribution >= 0.6 is 23.2 Å². The summed E-state index contributed by atoms with van der Waals surface area (Å²) in [4.78, 5) is 24.4. The van der Waals surface area contributed by atoms with E-state index in [1.165, 1.54) is 36.4 Å². The molecule has 0 spiro atoms. The van der Waals surface area contributed by atoms with Gasteiger partial charge in [0.05, 0.1) is 32.5 Å². The van der Waals surface area contributed by atoms with E-state index >= 15 is 0 Å². The Bertz CT molecular complexity index is 5250. The van der Waals surface area contributed by atoms with Crippen molar-refractivity contribution in [3.8, 4) is 0 Å². The molecule has 0 unspecified atom stereocenters. The van der Waals surface area contributed by atoms with Gasteiger partial charge in [-0.1, -0.05) is 0 Å². The lowest BCUT2D eigenvalue weighted by atomic mass is 10.1. The quantitative estimate of drug-likeness (QED) is 0.0170. The smallest absolute Gasteiger partial charge is 0.296 e. The zero-order valence-corrected chi connectivity index (χ0v) is 51.0. The fourth-order valence-electron chi connectivity index (χ4n) is 8.05. The van der Waals surface area contributed by atoms with Crippen LogP contribution in [0.15, 0.2) is 169 Å². The van der Waals surface area contributed by atoms with Crippen molar-refractivity contribution in [3.63, 3.8) is 0 Å². The number of nitrogens with one attached hydrogen (secondary N) is 8. The molecule has 0 aliphatic heterocycles. The summed E-state index contributed by atoms with van der Waals surface area (Å²) in [6.45, 7) is 0. The van der Waals surface area contributed by atoms with Gasteiger partial charge in [0.1, 0.15) is 42.3 Å². The molecule has 9 rings (SSSR count). The molecule has 7 aromatic carbocycles. The Hall–Kier alpha value is -9.94. The molecule has 0 bridgehead atoms. The molecule has 38 nitrogen and oxygen atoms in total. The van der Waals surface area contributed by atoms with E-state index in [0.717, 1.165) is 12.1 Å². The van der Waals surface area contributed by atoms with Gasteiger partial charge in [-0.25, -0.2) is 9.98 Å². The molecular formula is C46H34Cl2N18O20S6. The van der Waals surface area contributed by atoms with Crippen LogP contribution in [-0.4, -0.2) is 130 Å². The predicted octanol–water partition coefficient (Wildman–Crippen LogP) is 7.61. The van der Waals surface area contributed by atoms with Crippen molar-refractivity contribution in [3.05, 3.63) is 131 Å². The molecule has 478 valence electrons. The predicted molar refractivity (Wildman–Crippen MR) is 322 cm³/mol. The van der Waals surface area contributed by atoms with Gasteiger partial charge >= 0.3 is 0 Å². The first-order valence-electron chi connectivity index (χ1n) is 24.0. The van der Waals surface area contributed by atoms with E-state index in [1.54, 1.807) is 24.3 Å². The van der Waals surface area contributed by atoms with Crippen molar-refractivity contribution in [2.75, 3.05) is 21.3 Å². The number of anilines is 6.